The molecule has 0 aliphatic heterocycles. The van der Waals surface area contributed by atoms with Crippen molar-refractivity contribution >= 4 is 28.6 Å². The first-order valence-corrected chi connectivity index (χ1v) is 7.38. The zero-order chi connectivity index (χ0) is 14.6. The third kappa shape index (κ3) is 3.37. The van der Waals surface area contributed by atoms with Crippen molar-refractivity contribution in [3.8, 4) is 0 Å². The Balaban J connectivity index is 2.21. The van der Waals surface area contributed by atoms with E-state index in [0.29, 0.717) is 6.54 Å². The molecule has 104 valence electrons. The highest BCUT2D eigenvalue weighted by molar-refractivity contribution is 14.1. The molecular formula is C16H16INO2. The van der Waals surface area contributed by atoms with Crippen molar-refractivity contribution < 1.29 is 9.90 Å². The van der Waals surface area contributed by atoms with Crippen molar-refractivity contribution in [2.45, 2.75) is 19.0 Å². The van der Waals surface area contributed by atoms with Gasteiger partial charge in [-0.05, 0) is 52.8 Å². The Labute approximate surface area is 132 Å². The molecule has 2 N–H and O–H groups in total. The first kappa shape index (κ1) is 15.0. The van der Waals surface area contributed by atoms with Gasteiger partial charge in [0.15, 0.2) is 0 Å². The van der Waals surface area contributed by atoms with Crippen LogP contribution in [0.3, 0.4) is 0 Å². The van der Waals surface area contributed by atoms with Gasteiger partial charge in [-0.2, -0.15) is 0 Å². The van der Waals surface area contributed by atoms with Gasteiger partial charge in [0.25, 0.3) is 0 Å². The van der Waals surface area contributed by atoms with E-state index in [0.717, 1.165) is 14.7 Å². The maximum absolute atomic E-state index is 11.7. The molecule has 1 atom stereocenters. The Morgan fingerprint density at radius 2 is 1.75 bits per heavy atom. The summed E-state index contributed by atoms with van der Waals surface area (Å²) in [6.45, 7) is 2.20. The molecule has 1 unspecified atom stereocenters. The lowest BCUT2D eigenvalue weighted by molar-refractivity contribution is -0.144. The molecule has 0 amide bonds. The van der Waals surface area contributed by atoms with Crippen molar-refractivity contribution in [1.82, 2.24) is 5.32 Å². The summed E-state index contributed by atoms with van der Waals surface area (Å²) in [5, 5.41) is 12.7. The lowest BCUT2D eigenvalue weighted by Crippen LogP contribution is -2.46. The number of benzene rings is 2. The number of carboxylic acids is 1. The normalized spacial score (nSPS) is 13.7. The topological polar surface area (TPSA) is 49.3 Å². The van der Waals surface area contributed by atoms with Gasteiger partial charge in [0, 0.05) is 10.1 Å². The zero-order valence-corrected chi connectivity index (χ0v) is 13.3. The fourth-order valence-electron chi connectivity index (χ4n) is 1.96. The van der Waals surface area contributed by atoms with Crippen LogP contribution in [0.15, 0.2) is 54.6 Å². The van der Waals surface area contributed by atoms with Gasteiger partial charge < -0.3 is 5.11 Å². The van der Waals surface area contributed by atoms with Gasteiger partial charge in [-0.25, -0.2) is 4.79 Å². The maximum atomic E-state index is 11.7. The summed E-state index contributed by atoms with van der Waals surface area (Å²) >= 11 is 2.20. The molecule has 3 nitrogen and oxygen atoms in total. The lowest BCUT2D eigenvalue weighted by atomic mass is 9.92. The number of halogens is 1. The number of rotatable bonds is 5. The van der Waals surface area contributed by atoms with E-state index in [1.54, 1.807) is 6.92 Å². The molecule has 2 aromatic rings. The number of carbonyl (C=O) groups is 1. The van der Waals surface area contributed by atoms with Crippen LogP contribution in [0.5, 0.6) is 0 Å². The summed E-state index contributed by atoms with van der Waals surface area (Å²) in [5.41, 5.74) is 0.715. The summed E-state index contributed by atoms with van der Waals surface area (Å²) in [6, 6.07) is 17.3. The third-order valence-corrected chi connectivity index (χ3v) is 4.06. The van der Waals surface area contributed by atoms with E-state index in [-0.39, 0.29) is 0 Å². The monoisotopic (exact) mass is 381 g/mol. The largest absolute Gasteiger partial charge is 0.480 e. The van der Waals surface area contributed by atoms with Gasteiger partial charge >= 0.3 is 5.97 Å². The Morgan fingerprint density at radius 1 is 1.15 bits per heavy atom. The standard InChI is InChI=1S/C16H16INO2/c1-16(15(19)20,13-7-9-14(17)10-8-13)18-11-12-5-3-2-4-6-12/h2-10,18H,11H2,1H3,(H,19,20). The van der Waals surface area contributed by atoms with Crippen molar-refractivity contribution in [2.75, 3.05) is 0 Å². The van der Waals surface area contributed by atoms with Gasteiger partial charge in [0.1, 0.15) is 5.54 Å². The van der Waals surface area contributed by atoms with Gasteiger partial charge in [-0.1, -0.05) is 42.5 Å². The van der Waals surface area contributed by atoms with Gasteiger partial charge in [-0.15, -0.1) is 0 Å². The molecule has 0 fully saturated rings. The average Bonchev–Trinajstić information content (AvgIpc) is 2.46. The summed E-state index contributed by atoms with van der Waals surface area (Å²) < 4.78 is 1.09. The molecule has 0 spiro atoms. The highest BCUT2D eigenvalue weighted by atomic mass is 127. The van der Waals surface area contributed by atoms with Crippen LogP contribution in [-0.4, -0.2) is 11.1 Å². The minimum absolute atomic E-state index is 0.510. The van der Waals surface area contributed by atoms with E-state index in [2.05, 4.69) is 27.9 Å². The molecule has 20 heavy (non-hydrogen) atoms. The minimum atomic E-state index is -1.10. The predicted octanol–water partition coefficient (Wildman–Crippen LogP) is 3.38. The Bertz CT molecular complexity index is 583. The summed E-state index contributed by atoms with van der Waals surface area (Å²) in [4.78, 5) is 11.7. The molecule has 4 heteroatoms. The smallest absolute Gasteiger partial charge is 0.328 e. The number of aliphatic carboxylic acids is 1. The first-order valence-electron chi connectivity index (χ1n) is 6.31. The molecule has 0 bridgehead atoms. The third-order valence-electron chi connectivity index (χ3n) is 3.34. The highest BCUT2D eigenvalue weighted by Gasteiger charge is 2.34. The van der Waals surface area contributed by atoms with E-state index in [1.165, 1.54) is 0 Å². The SMILES string of the molecule is CC(NCc1ccccc1)(C(=O)O)c1ccc(I)cc1. The first-order chi connectivity index (χ1) is 9.52. The second-order valence-electron chi connectivity index (χ2n) is 4.78. The average molecular weight is 381 g/mol. The summed E-state index contributed by atoms with van der Waals surface area (Å²) in [5.74, 6) is -0.880. The van der Waals surface area contributed by atoms with Gasteiger partial charge in [0.2, 0.25) is 0 Å². The number of hydrogen-bond acceptors (Lipinski definition) is 2. The second-order valence-corrected chi connectivity index (χ2v) is 6.02. The van der Waals surface area contributed by atoms with Crippen molar-refractivity contribution in [1.29, 1.82) is 0 Å². The quantitative estimate of drug-likeness (QED) is 0.781. The number of hydrogen-bond donors (Lipinski definition) is 2. The lowest BCUT2D eigenvalue weighted by Gasteiger charge is -2.27. The van der Waals surface area contributed by atoms with Crippen molar-refractivity contribution in [3.05, 3.63) is 69.3 Å². The summed E-state index contributed by atoms with van der Waals surface area (Å²) in [7, 11) is 0. The molecule has 0 heterocycles. The van der Waals surface area contributed by atoms with Crippen LogP contribution in [0, 0.1) is 3.57 Å². The number of carboxylic acid groups (broad SMARTS) is 1. The molecule has 0 aromatic heterocycles. The Kier molecular flexibility index (Phi) is 4.77. The number of nitrogens with one attached hydrogen (secondary N) is 1. The molecule has 0 saturated carbocycles. The molecule has 0 radical (unpaired) electrons. The highest BCUT2D eigenvalue weighted by Crippen LogP contribution is 2.23. The Hall–Kier alpha value is -1.40. The molecular weight excluding hydrogens is 365 g/mol. The second kappa shape index (κ2) is 6.37. The molecule has 0 aliphatic carbocycles. The van der Waals surface area contributed by atoms with E-state index >= 15 is 0 Å². The van der Waals surface area contributed by atoms with E-state index < -0.39 is 11.5 Å². The zero-order valence-electron chi connectivity index (χ0n) is 11.1. The van der Waals surface area contributed by atoms with Crippen LogP contribution in [0.2, 0.25) is 0 Å². The Morgan fingerprint density at radius 3 is 2.30 bits per heavy atom. The van der Waals surface area contributed by atoms with Crippen molar-refractivity contribution in [2.24, 2.45) is 0 Å². The molecule has 0 aliphatic rings. The van der Waals surface area contributed by atoms with Crippen LogP contribution in [-0.2, 0) is 16.9 Å². The minimum Gasteiger partial charge on any atom is -0.480 e. The van der Waals surface area contributed by atoms with Crippen LogP contribution in [0.1, 0.15) is 18.1 Å². The predicted molar refractivity (Wildman–Crippen MR) is 87.4 cm³/mol. The maximum Gasteiger partial charge on any atom is 0.328 e. The fourth-order valence-corrected chi connectivity index (χ4v) is 2.32. The van der Waals surface area contributed by atoms with Crippen LogP contribution in [0.25, 0.3) is 0 Å². The van der Waals surface area contributed by atoms with E-state index in [1.807, 2.05) is 54.6 Å². The summed E-state index contributed by atoms with van der Waals surface area (Å²) in [6.07, 6.45) is 0. The van der Waals surface area contributed by atoms with E-state index in [9.17, 15) is 9.90 Å². The van der Waals surface area contributed by atoms with Gasteiger partial charge in [-0.3, -0.25) is 5.32 Å². The van der Waals surface area contributed by atoms with Crippen molar-refractivity contribution in [3.63, 3.8) is 0 Å². The fraction of sp³-hybridized carbons (Fsp3) is 0.188. The molecule has 2 aromatic carbocycles. The van der Waals surface area contributed by atoms with Crippen LogP contribution in [0.4, 0.5) is 0 Å². The molecule has 2 rings (SSSR count). The van der Waals surface area contributed by atoms with Gasteiger partial charge in [0.05, 0.1) is 0 Å². The van der Waals surface area contributed by atoms with Crippen LogP contribution >= 0.6 is 22.6 Å². The van der Waals surface area contributed by atoms with Crippen LogP contribution < -0.4 is 5.32 Å². The van der Waals surface area contributed by atoms with E-state index in [4.69, 9.17) is 0 Å². The molecule has 0 saturated heterocycles.